The summed E-state index contributed by atoms with van der Waals surface area (Å²) in [4.78, 5) is 30.8. The van der Waals surface area contributed by atoms with Gasteiger partial charge in [0.25, 0.3) is 0 Å². The van der Waals surface area contributed by atoms with Crippen LogP contribution >= 0.6 is 0 Å². The van der Waals surface area contributed by atoms with Crippen molar-refractivity contribution in [1.29, 1.82) is 0 Å². The minimum atomic E-state index is -0.632. The highest BCUT2D eigenvalue weighted by Crippen LogP contribution is 2.25. The molecule has 0 saturated heterocycles. The van der Waals surface area contributed by atoms with E-state index >= 15 is 0 Å². The number of ether oxygens (including phenoxy) is 2. The average molecular weight is 397 g/mol. The number of carbonyl (C=O) groups excluding carboxylic acids is 2. The zero-order valence-corrected chi connectivity index (χ0v) is 17.5. The van der Waals surface area contributed by atoms with Gasteiger partial charge in [-0.1, -0.05) is 12.1 Å². The molecule has 0 bridgehead atoms. The Bertz CT molecular complexity index is 934. The average Bonchev–Trinajstić information content (AvgIpc) is 2.65. The molecule has 1 aromatic carbocycles. The molecule has 2 aromatic rings. The van der Waals surface area contributed by atoms with Gasteiger partial charge in [0.05, 0.1) is 32.3 Å². The Labute approximate surface area is 171 Å². The first kappa shape index (κ1) is 20.6. The maximum absolute atomic E-state index is 13.0. The normalized spacial score (nSPS) is 13.3. The first-order valence-electron chi connectivity index (χ1n) is 9.56. The zero-order valence-electron chi connectivity index (χ0n) is 17.5. The van der Waals surface area contributed by atoms with Crippen molar-refractivity contribution in [3.63, 3.8) is 0 Å². The van der Waals surface area contributed by atoms with Gasteiger partial charge in [-0.3, -0.25) is 9.69 Å². The van der Waals surface area contributed by atoms with Crippen molar-refractivity contribution in [2.24, 2.45) is 0 Å². The van der Waals surface area contributed by atoms with Crippen molar-refractivity contribution in [3.05, 3.63) is 52.7 Å². The molecule has 0 unspecified atom stereocenters. The van der Waals surface area contributed by atoms with E-state index in [9.17, 15) is 9.59 Å². The van der Waals surface area contributed by atoms with E-state index in [2.05, 4.69) is 10.3 Å². The van der Waals surface area contributed by atoms with Gasteiger partial charge in [0, 0.05) is 0 Å². The van der Waals surface area contributed by atoms with Crippen molar-refractivity contribution in [1.82, 2.24) is 10.3 Å². The second-order valence-corrected chi connectivity index (χ2v) is 8.09. The van der Waals surface area contributed by atoms with Gasteiger partial charge in [0.2, 0.25) is 5.91 Å². The molecule has 7 nitrogen and oxygen atoms in total. The van der Waals surface area contributed by atoms with Crippen LogP contribution in [0.1, 0.15) is 43.2 Å². The molecular weight excluding hydrogens is 370 g/mol. The van der Waals surface area contributed by atoms with Gasteiger partial charge in [0.15, 0.2) is 0 Å². The third kappa shape index (κ3) is 5.04. The second kappa shape index (κ2) is 8.11. The number of fused-ring (bicyclic) bond motifs is 1. The number of hydrogen-bond donors (Lipinski definition) is 1. The van der Waals surface area contributed by atoms with E-state index in [4.69, 9.17) is 9.47 Å². The maximum atomic E-state index is 13.0. The Balaban J connectivity index is 1.95. The van der Waals surface area contributed by atoms with Crippen LogP contribution in [0.3, 0.4) is 0 Å². The van der Waals surface area contributed by atoms with E-state index in [0.717, 1.165) is 28.1 Å². The van der Waals surface area contributed by atoms with Crippen LogP contribution in [0.15, 0.2) is 30.3 Å². The van der Waals surface area contributed by atoms with E-state index < -0.39 is 11.7 Å². The summed E-state index contributed by atoms with van der Waals surface area (Å²) in [7, 11) is 1.62. The Morgan fingerprint density at radius 2 is 2.00 bits per heavy atom. The minimum Gasteiger partial charge on any atom is -0.497 e. The molecule has 2 heterocycles. The first-order valence-corrected chi connectivity index (χ1v) is 9.56. The van der Waals surface area contributed by atoms with Crippen LogP contribution in [-0.2, 0) is 29.0 Å². The number of pyridine rings is 1. The highest BCUT2D eigenvalue weighted by Gasteiger charge is 2.26. The molecule has 154 valence electrons. The number of benzene rings is 1. The van der Waals surface area contributed by atoms with E-state index in [1.54, 1.807) is 13.2 Å². The maximum Gasteiger partial charge on any atom is 0.416 e. The summed E-state index contributed by atoms with van der Waals surface area (Å²) in [6, 6.07) is 9.35. The minimum absolute atomic E-state index is 0.0232. The number of rotatable bonds is 4. The van der Waals surface area contributed by atoms with Gasteiger partial charge in [-0.2, -0.15) is 0 Å². The Hall–Kier alpha value is -3.09. The van der Waals surface area contributed by atoms with Gasteiger partial charge < -0.3 is 14.8 Å². The number of methoxy groups -OCH3 is 1. The van der Waals surface area contributed by atoms with Gasteiger partial charge in [-0.05, 0) is 62.6 Å². The van der Waals surface area contributed by atoms with Crippen molar-refractivity contribution in [2.45, 2.75) is 52.8 Å². The summed E-state index contributed by atoms with van der Waals surface area (Å²) in [6.45, 7) is 8.13. The lowest BCUT2D eigenvalue weighted by molar-refractivity contribution is -0.121. The molecular formula is C22H27N3O4. The standard InChI is InChI=1S/C22H27N3O4/c1-14-10-17(28-5)8-6-16(14)13-25(21(27)29-22(2,3)4)19-9-7-15-11-20(26)23-12-18(15)24-19/h6-10H,11-13H2,1-5H3,(H,23,26). The summed E-state index contributed by atoms with van der Waals surface area (Å²) in [5.41, 5.74) is 2.98. The predicted octanol–water partition coefficient (Wildman–Crippen LogP) is 3.51. The van der Waals surface area contributed by atoms with Crippen LogP contribution in [0.4, 0.5) is 10.6 Å². The predicted molar refractivity (Wildman–Crippen MR) is 110 cm³/mol. The second-order valence-electron chi connectivity index (χ2n) is 8.09. The number of aromatic nitrogens is 1. The first-order chi connectivity index (χ1) is 13.7. The monoisotopic (exact) mass is 397 g/mol. The third-order valence-corrected chi connectivity index (χ3v) is 4.63. The van der Waals surface area contributed by atoms with Crippen LogP contribution < -0.4 is 15.0 Å². The number of hydrogen-bond acceptors (Lipinski definition) is 5. The number of nitrogens with zero attached hydrogens (tertiary/aromatic N) is 2. The smallest absolute Gasteiger partial charge is 0.416 e. The summed E-state index contributed by atoms with van der Waals surface area (Å²) in [5, 5.41) is 2.79. The largest absolute Gasteiger partial charge is 0.497 e. The highest BCUT2D eigenvalue weighted by atomic mass is 16.6. The zero-order chi connectivity index (χ0) is 21.2. The molecule has 0 spiro atoms. The molecule has 29 heavy (non-hydrogen) atoms. The quantitative estimate of drug-likeness (QED) is 0.854. The fraction of sp³-hybridized carbons (Fsp3) is 0.409. The molecule has 0 radical (unpaired) electrons. The van der Waals surface area contributed by atoms with Crippen molar-refractivity contribution < 1.29 is 19.1 Å². The SMILES string of the molecule is COc1ccc(CN(C(=O)OC(C)(C)C)c2ccc3c(n2)CNC(=O)C3)c(C)c1. The van der Waals surface area contributed by atoms with Crippen LogP contribution in [0, 0.1) is 6.92 Å². The molecule has 2 amide bonds. The molecule has 1 aromatic heterocycles. The van der Waals surface area contributed by atoms with Crippen LogP contribution in [0.25, 0.3) is 0 Å². The molecule has 1 N–H and O–H groups in total. The molecule has 3 rings (SSSR count). The van der Waals surface area contributed by atoms with E-state index in [-0.39, 0.29) is 5.91 Å². The molecule has 0 saturated carbocycles. The molecule has 1 aliphatic heterocycles. The Kier molecular flexibility index (Phi) is 5.77. The van der Waals surface area contributed by atoms with Gasteiger partial charge in [-0.15, -0.1) is 0 Å². The van der Waals surface area contributed by atoms with E-state index in [1.807, 2.05) is 52.0 Å². The topological polar surface area (TPSA) is 80.8 Å². The Morgan fingerprint density at radius 1 is 1.24 bits per heavy atom. The summed E-state index contributed by atoms with van der Waals surface area (Å²) >= 11 is 0. The summed E-state index contributed by atoms with van der Waals surface area (Å²) in [6.07, 6.45) is -0.174. The van der Waals surface area contributed by atoms with Crippen molar-refractivity contribution in [2.75, 3.05) is 12.0 Å². The number of nitrogens with one attached hydrogen (secondary N) is 1. The van der Waals surface area contributed by atoms with E-state index in [0.29, 0.717) is 25.3 Å². The lowest BCUT2D eigenvalue weighted by atomic mass is 10.1. The van der Waals surface area contributed by atoms with Gasteiger partial charge >= 0.3 is 6.09 Å². The van der Waals surface area contributed by atoms with Gasteiger partial charge in [-0.25, -0.2) is 9.78 Å². The number of aryl methyl sites for hydroxylation is 1. The molecule has 0 atom stereocenters. The summed E-state index contributed by atoms with van der Waals surface area (Å²) in [5.74, 6) is 1.23. The molecule has 1 aliphatic rings. The Morgan fingerprint density at radius 3 is 2.66 bits per heavy atom. The fourth-order valence-electron chi connectivity index (χ4n) is 3.10. The van der Waals surface area contributed by atoms with Gasteiger partial charge in [0.1, 0.15) is 17.2 Å². The van der Waals surface area contributed by atoms with Crippen LogP contribution in [0.2, 0.25) is 0 Å². The lowest BCUT2D eigenvalue weighted by Crippen LogP contribution is -2.38. The van der Waals surface area contributed by atoms with Crippen LogP contribution in [-0.4, -0.2) is 29.7 Å². The summed E-state index contributed by atoms with van der Waals surface area (Å²) < 4.78 is 10.9. The van der Waals surface area contributed by atoms with E-state index in [1.165, 1.54) is 4.90 Å². The lowest BCUT2D eigenvalue weighted by Gasteiger charge is -2.28. The fourth-order valence-corrected chi connectivity index (χ4v) is 3.10. The number of anilines is 1. The van der Waals surface area contributed by atoms with Crippen molar-refractivity contribution >= 4 is 17.8 Å². The highest BCUT2D eigenvalue weighted by molar-refractivity contribution is 5.87. The van der Waals surface area contributed by atoms with Crippen molar-refractivity contribution in [3.8, 4) is 5.75 Å². The molecule has 0 aliphatic carbocycles. The number of carbonyl (C=O) groups is 2. The molecule has 7 heteroatoms. The van der Waals surface area contributed by atoms with Crippen LogP contribution in [0.5, 0.6) is 5.75 Å². The molecule has 0 fully saturated rings. The third-order valence-electron chi connectivity index (χ3n) is 4.63. The number of amides is 2.